The van der Waals surface area contributed by atoms with Gasteiger partial charge in [0.05, 0.1) is 11.7 Å². The van der Waals surface area contributed by atoms with Crippen LogP contribution in [0.5, 0.6) is 0 Å². The van der Waals surface area contributed by atoms with Gasteiger partial charge in [0.1, 0.15) is 0 Å². The number of amides is 1. The van der Waals surface area contributed by atoms with E-state index in [-0.39, 0.29) is 23.7 Å². The zero-order valence-corrected chi connectivity index (χ0v) is 9.43. The number of hydrogen-bond acceptors (Lipinski definition) is 2. The topological polar surface area (TPSA) is 37.4 Å². The molecule has 86 valence electrons. The molecule has 0 unspecified atom stereocenters. The van der Waals surface area contributed by atoms with Gasteiger partial charge < -0.3 is 4.90 Å². The van der Waals surface area contributed by atoms with Crippen LogP contribution in [-0.2, 0) is 4.79 Å². The van der Waals surface area contributed by atoms with Crippen LogP contribution in [0.2, 0.25) is 0 Å². The van der Waals surface area contributed by atoms with Crippen molar-refractivity contribution in [1.29, 1.82) is 0 Å². The second kappa shape index (κ2) is 2.97. The van der Waals surface area contributed by atoms with Gasteiger partial charge in [-0.15, -0.1) is 0 Å². The minimum absolute atomic E-state index is 0.0568. The minimum atomic E-state index is 0.0568. The van der Waals surface area contributed by atoms with Gasteiger partial charge in [-0.05, 0) is 30.9 Å². The molecule has 1 saturated carbocycles. The van der Waals surface area contributed by atoms with E-state index in [0.29, 0.717) is 12.3 Å². The molecule has 3 heteroatoms. The summed E-state index contributed by atoms with van der Waals surface area (Å²) in [7, 11) is 0. The molecule has 3 nitrogen and oxygen atoms in total. The van der Waals surface area contributed by atoms with Crippen LogP contribution in [0.4, 0.5) is 5.69 Å². The predicted octanol–water partition coefficient (Wildman–Crippen LogP) is 2.01. The van der Waals surface area contributed by atoms with Crippen molar-refractivity contribution in [3.8, 4) is 0 Å². The minimum Gasteiger partial charge on any atom is -0.308 e. The lowest BCUT2D eigenvalue weighted by Crippen LogP contribution is -2.45. The van der Waals surface area contributed by atoms with Gasteiger partial charge in [-0.2, -0.15) is 0 Å². The zero-order chi connectivity index (χ0) is 11.6. The van der Waals surface area contributed by atoms with E-state index < -0.39 is 0 Å². The van der Waals surface area contributed by atoms with Gasteiger partial charge >= 0.3 is 0 Å². The highest BCUT2D eigenvalue weighted by atomic mass is 16.2. The van der Waals surface area contributed by atoms with Gasteiger partial charge in [0, 0.05) is 17.9 Å². The first-order valence-corrected chi connectivity index (χ1v) is 6.22. The van der Waals surface area contributed by atoms with Crippen LogP contribution in [0.3, 0.4) is 0 Å². The summed E-state index contributed by atoms with van der Waals surface area (Å²) in [6.07, 6.45) is 2.60. The molecule has 3 atom stereocenters. The molecule has 0 spiro atoms. The number of nitrogens with zero attached hydrogens (tertiary/aromatic N) is 1. The van der Waals surface area contributed by atoms with Crippen LogP contribution >= 0.6 is 0 Å². The average molecular weight is 227 g/mol. The number of para-hydroxylation sites is 1. The summed E-state index contributed by atoms with van der Waals surface area (Å²) in [6.45, 7) is 0. The Morgan fingerprint density at radius 2 is 1.94 bits per heavy atom. The molecule has 1 saturated heterocycles. The molecule has 0 radical (unpaired) electrons. The lowest BCUT2D eigenvalue weighted by molar-refractivity contribution is -0.117. The Labute approximate surface area is 99.4 Å². The molecule has 0 bridgehead atoms. The maximum atomic E-state index is 12.4. The largest absolute Gasteiger partial charge is 0.308 e. The maximum Gasteiger partial charge on any atom is 0.227 e. The molecule has 0 aromatic heterocycles. The quantitative estimate of drug-likeness (QED) is 0.680. The van der Waals surface area contributed by atoms with Crippen molar-refractivity contribution < 1.29 is 9.59 Å². The predicted molar refractivity (Wildman–Crippen MR) is 62.9 cm³/mol. The van der Waals surface area contributed by atoms with Gasteiger partial charge in [-0.3, -0.25) is 9.59 Å². The van der Waals surface area contributed by atoms with E-state index >= 15 is 0 Å². The average Bonchev–Trinajstić information content (AvgIpc) is 2.87. The van der Waals surface area contributed by atoms with Crippen LogP contribution in [0.25, 0.3) is 0 Å². The normalized spacial score (nSPS) is 33.9. The summed E-state index contributed by atoms with van der Waals surface area (Å²) in [4.78, 5) is 26.4. The second-order valence-electron chi connectivity index (χ2n) is 5.28. The molecule has 1 aromatic rings. The van der Waals surface area contributed by atoms with Gasteiger partial charge in [0.2, 0.25) is 5.91 Å². The number of carbonyl (C=O) groups excluding carboxylic acids is 2. The number of benzene rings is 1. The Kier molecular flexibility index (Phi) is 1.64. The fourth-order valence-corrected chi connectivity index (χ4v) is 3.84. The van der Waals surface area contributed by atoms with E-state index in [4.69, 9.17) is 0 Å². The molecule has 3 aliphatic rings. The highest BCUT2D eigenvalue weighted by Gasteiger charge is 2.54. The number of ketones is 1. The molecular formula is C14H13NO2. The van der Waals surface area contributed by atoms with Crippen LogP contribution < -0.4 is 4.90 Å². The van der Waals surface area contributed by atoms with E-state index in [9.17, 15) is 9.59 Å². The van der Waals surface area contributed by atoms with Crippen molar-refractivity contribution in [2.75, 3.05) is 4.90 Å². The molecule has 1 aliphatic carbocycles. The van der Waals surface area contributed by atoms with E-state index in [1.165, 1.54) is 0 Å². The fourth-order valence-electron chi connectivity index (χ4n) is 3.84. The first-order chi connectivity index (χ1) is 8.27. The SMILES string of the molecule is O=C1c2ccccc2N2C(=O)C[C@H]3CC[C@@H]1[C@H]32. The van der Waals surface area contributed by atoms with Crippen molar-refractivity contribution in [1.82, 2.24) is 0 Å². The summed E-state index contributed by atoms with van der Waals surface area (Å²) in [5.74, 6) is 0.912. The summed E-state index contributed by atoms with van der Waals surface area (Å²) < 4.78 is 0. The summed E-state index contributed by atoms with van der Waals surface area (Å²) >= 11 is 0. The van der Waals surface area contributed by atoms with Gasteiger partial charge in [0.15, 0.2) is 5.78 Å². The Bertz CT molecular complexity index is 537. The van der Waals surface area contributed by atoms with Crippen molar-refractivity contribution in [2.45, 2.75) is 25.3 Å². The summed E-state index contributed by atoms with van der Waals surface area (Å²) in [5.41, 5.74) is 1.58. The number of anilines is 1. The Hall–Kier alpha value is -1.64. The number of hydrogen-bond donors (Lipinski definition) is 0. The third-order valence-electron chi connectivity index (χ3n) is 4.51. The third kappa shape index (κ3) is 1.02. The summed E-state index contributed by atoms with van der Waals surface area (Å²) in [5, 5.41) is 0. The van der Waals surface area contributed by atoms with E-state index in [1.54, 1.807) is 0 Å². The smallest absolute Gasteiger partial charge is 0.227 e. The molecule has 0 N–H and O–H groups in total. The number of carbonyl (C=O) groups is 2. The van der Waals surface area contributed by atoms with Crippen molar-refractivity contribution in [3.05, 3.63) is 29.8 Å². The Morgan fingerprint density at radius 3 is 2.82 bits per heavy atom. The van der Waals surface area contributed by atoms with Crippen molar-refractivity contribution in [2.24, 2.45) is 11.8 Å². The third-order valence-corrected chi connectivity index (χ3v) is 4.51. The highest BCUT2D eigenvalue weighted by Crippen LogP contribution is 2.49. The van der Waals surface area contributed by atoms with Crippen LogP contribution in [0.1, 0.15) is 29.6 Å². The van der Waals surface area contributed by atoms with Gasteiger partial charge in [-0.25, -0.2) is 0 Å². The Balaban J connectivity index is 1.97. The summed E-state index contributed by atoms with van der Waals surface area (Å²) in [6, 6.07) is 7.70. The van der Waals surface area contributed by atoms with Crippen molar-refractivity contribution in [3.63, 3.8) is 0 Å². The lowest BCUT2D eigenvalue weighted by Gasteiger charge is -2.35. The number of Topliss-reactive ketones (excluding diaryl/α,β-unsaturated/α-hetero) is 1. The number of fused-ring (bicyclic) bond motifs is 2. The maximum absolute atomic E-state index is 12.4. The molecule has 17 heavy (non-hydrogen) atoms. The Morgan fingerprint density at radius 1 is 1.12 bits per heavy atom. The van der Waals surface area contributed by atoms with E-state index in [2.05, 4.69) is 0 Å². The first kappa shape index (κ1) is 9.40. The molecule has 4 rings (SSSR count). The van der Waals surface area contributed by atoms with Crippen LogP contribution in [-0.4, -0.2) is 17.7 Å². The van der Waals surface area contributed by atoms with Crippen LogP contribution in [0.15, 0.2) is 24.3 Å². The highest BCUT2D eigenvalue weighted by molar-refractivity contribution is 6.12. The molecule has 2 heterocycles. The van der Waals surface area contributed by atoms with Gasteiger partial charge in [-0.1, -0.05) is 12.1 Å². The molecule has 2 aliphatic heterocycles. The van der Waals surface area contributed by atoms with E-state index in [0.717, 1.165) is 24.1 Å². The standard InChI is InChI=1S/C14H13NO2/c16-12-7-8-5-6-10-13(8)15(12)11-4-2-1-3-9(11)14(10)17/h1-4,8,10,13H,5-7H2/t8-,10-,13+/m1/s1. The van der Waals surface area contributed by atoms with Crippen LogP contribution in [0, 0.1) is 11.8 Å². The fraction of sp³-hybridized carbons (Fsp3) is 0.429. The molecule has 2 fully saturated rings. The number of rotatable bonds is 0. The lowest BCUT2D eigenvalue weighted by atomic mass is 9.86. The van der Waals surface area contributed by atoms with Gasteiger partial charge in [0.25, 0.3) is 0 Å². The molecular weight excluding hydrogens is 214 g/mol. The monoisotopic (exact) mass is 227 g/mol. The second-order valence-corrected chi connectivity index (χ2v) is 5.28. The first-order valence-electron chi connectivity index (χ1n) is 6.22. The zero-order valence-electron chi connectivity index (χ0n) is 9.43. The van der Waals surface area contributed by atoms with E-state index in [1.807, 2.05) is 29.2 Å². The molecule has 1 aromatic carbocycles. The van der Waals surface area contributed by atoms with Crippen molar-refractivity contribution >= 4 is 17.4 Å². The molecule has 1 amide bonds.